The Hall–Kier alpha value is -1.77. The van der Waals surface area contributed by atoms with Crippen molar-refractivity contribution in [2.24, 2.45) is 0 Å². The van der Waals surface area contributed by atoms with E-state index in [0.717, 1.165) is 17.5 Å². The van der Waals surface area contributed by atoms with Crippen LogP contribution in [0.25, 0.3) is 0 Å². The smallest absolute Gasteiger partial charge is 0.159 e. The highest BCUT2D eigenvalue weighted by atomic mass is 19.2. The third-order valence-electron chi connectivity index (χ3n) is 3.98. The molecule has 0 heterocycles. The highest BCUT2D eigenvalue weighted by Crippen LogP contribution is 2.20. The molecule has 2 rings (SSSR count). The Morgan fingerprint density at radius 2 is 1.44 bits per heavy atom. The first-order valence-corrected chi connectivity index (χ1v) is 8.97. The summed E-state index contributed by atoms with van der Waals surface area (Å²) in [7, 11) is 0. The van der Waals surface area contributed by atoms with E-state index < -0.39 is 11.6 Å². The maximum absolute atomic E-state index is 12.7. The van der Waals surface area contributed by atoms with Gasteiger partial charge in [0.25, 0.3) is 0 Å². The van der Waals surface area contributed by atoms with Gasteiger partial charge < -0.3 is 0 Å². The van der Waals surface area contributed by atoms with Gasteiger partial charge in [-0.15, -0.1) is 0 Å². The van der Waals surface area contributed by atoms with Gasteiger partial charge in [0.15, 0.2) is 11.6 Å². The lowest BCUT2D eigenvalue weighted by Crippen LogP contribution is -1.93. The van der Waals surface area contributed by atoms with Gasteiger partial charge in [0.05, 0.1) is 0 Å². The largest absolute Gasteiger partial charge is 0.207 e. The fourth-order valence-corrected chi connectivity index (χ4v) is 2.34. The Labute approximate surface area is 151 Å². The molecule has 3 heteroatoms. The van der Waals surface area contributed by atoms with Crippen molar-refractivity contribution < 1.29 is 13.2 Å². The molecule has 0 aromatic heterocycles. The van der Waals surface area contributed by atoms with Crippen LogP contribution in [0.1, 0.15) is 76.5 Å². The zero-order chi connectivity index (χ0) is 19.6. The highest BCUT2D eigenvalue weighted by molar-refractivity contribution is 5.28. The molecule has 0 aliphatic rings. The SMILES string of the molecule is CC.CCC(C)c1ccc(F)c(F)c1.Cc1cc(F)ccc1C(C)C. The molecule has 0 amide bonds. The summed E-state index contributed by atoms with van der Waals surface area (Å²) in [5.74, 6) is -0.905. The monoisotopic (exact) mass is 352 g/mol. The van der Waals surface area contributed by atoms with Crippen LogP contribution in [0.15, 0.2) is 36.4 Å². The van der Waals surface area contributed by atoms with Crippen molar-refractivity contribution in [3.8, 4) is 0 Å². The molecule has 0 fully saturated rings. The van der Waals surface area contributed by atoms with Crippen LogP contribution in [0.5, 0.6) is 0 Å². The number of hydrogen-bond donors (Lipinski definition) is 0. The van der Waals surface area contributed by atoms with Gasteiger partial charge >= 0.3 is 0 Å². The van der Waals surface area contributed by atoms with E-state index in [9.17, 15) is 13.2 Å². The van der Waals surface area contributed by atoms with Crippen LogP contribution < -0.4 is 0 Å². The topological polar surface area (TPSA) is 0 Å². The number of aryl methyl sites for hydroxylation is 1. The summed E-state index contributed by atoms with van der Waals surface area (Å²) in [4.78, 5) is 0. The summed E-state index contributed by atoms with van der Waals surface area (Å²) in [6.07, 6.45) is 0.936. The summed E-state index contributed by atoms with van der Waals surface area (Å²) in [6, 6.07) is 9.03. The second-order valence-corrected chi connectivity index (χ2v) is 6.14. The minimum Gasteiger partial charge on any atom is -0.207 e. The Morgan fingerprint density at radius 1 is 0.840 bits per heavy atom. The number of benzene rings is 2. The highest BCUT2D eigenvalue weighted by Gasteiger charge is 2.06. The van der Waals surface area contributed by atoms with Crippen LogP contribution in [-0.2, 0) is 0 Å². The van der Waals surface area contributed by atoms with Crippen molar-refractivity contribution in [2.75, 3.05) is 0 Å². The zero-order valence-corrected chi connectivity index (χ0v) is 16.5. The molecule has 0 nitrogen and oxygen atoms in total. The Morgan fingerprint density at radius 3 is 1.88 bits per heavy atom. The van der Waals surface area contributed by atoms with Gasteiger partial charge in [-0.05, 0) is 66.1 Å². The van der Waals surface area contributed by atoms with Crippen molar-refractivity contribution in [1.82, 2.24) is 0 Å². The van der Waals surface area contributed by atoms with E-state index in [1.807, 2.05) is 40.7 Å². The minimum atomic E-state index is -0.776. The predicted molar refractivity (Wildman–Crippen MR) is 102 cm³/mol. The molecular weight excluding hydrogens is 321 g/mol. The van der Waals surface area contributed by atoms with E-state index in [2.05, 4.69) is 13.8 Å². The van der Waals surface area contributed by atoms with Crippen molar-refractivity contribution in [2.45, 2.75) is 66.7 Å². The lowest BCUT2D eigenvalue weighted by atomic mass is 9.98. The maximum atomic E-state index is 12.7. The molecule has 0 aliphatic carbocycles. The molecule has 0 saturated heterocycles. The summed E-state index contributed by atoms with van der Waals surface area (Å²) in [5.41, 5.74) is 3.13. The predicted octanol–water partition coefficient (Wildman–Crippen LogP) is 7.76. The van der Waals surface area contributed by atoms with Gasteiger partial charge in [-0.3, -0.25) is 0 Å². The molecule has 25 heavy (non-hydrogen) atoms. The normalized spacial score (nSPS) is 11.2. The minimum absolute atomic E-state index is 0.146. The third-order valence-corrected chi connectivity index (χ3v) is 3.98. The number of halogens is 3. The summed E-state index contributed by atoms with van der Waals surface area (Å²) >= 11 is 0. The van der Waals surface area contributed by atoms with E-state index in [1.165, 1.54) is 23.8 Å². The number of hydrogen-bond acceptors (Lipinski definition) is 0. The van der Waals surface area contributed by atoms with Crippen LogP contribution in [0.2, 0.25) is 0 Å². The van der Waals surface area contributed by atoms with Gasteiger partial charge in [-0.2, -0.15) is 0 Å². The van der Waals surface area contributed by atoms with Crippen LogP contribution in [-0.4, -0.2) is 0 Å². The standard InChI is InChI=1S/C10H12F2.C10H13F.C2H6/c1-3-7(2)8-4-5-9(11)10(12)6-8;1-7(2)10-5-4-9(11)6-8(10)3;1-2/h4-7H,3H2,1-2H3;4-7H,1-3H3;1-2H3. The molecule has 0 N–H and O–H groups in total. The first kappa shape index (κ1) is 23.2. The average Bonchev–Trinajstić information content (AvgIpc) is 2.58. The molecule has 2 aromatic carbocycles. The van der Waals surface area contributed by atoms with Crippen molar-refractivity contribution in [3.05, 3.63) is 70.5 Å². The van der Waals surface area contributed by atoms with Crippen LogP contribution in [0, 0.1) is 24.4 Å². The van der Waals surface area contributed by atoms with Crippen LogP contribution >= 0.6 is 0 Å². The maximum Gasteiger partial charge on any atom is 0.159 e. The van der Waals surface area contributed by atoms with E-state index in [-0.39, 0.29) is 5.82 Å². The molecule has 0 bridgehead atoms. The molecular formula is C22H31F3. The molecule has 2 aromatic rings. The molecule has 0 saturated carbocycles. The summed E-state index contributed by atoms with van der Waals surface area (Å²) < 4.78 is 37.8. The van der Waals surface area contributed by atoms with Crippen molar-refractivity contribution in [1.29, 1.82) is 0 Å². The van der Waals surface area contributed by atoms with E-state index in [4.69, 9.17) is 0 Å². The lowest BCUT2D eigenvalue weighted by Gasteiger charge is -2.08. The second-order valence-electron chi connectivity index (χ2n) is 6.14. The Balaban J connectivity index is 0.000000421. The summed E-state index contributed by atoms with van der Waals surface area (Å²) in [6.45, 7) is 14.2. The van der Waals surface area contributed by atoms with Gasteiger partial charge in [0, 0.05) is 0 Å². The Bertz CT molecular complexity index is 633. The summed E-state index contributed by atoms with van der Waals surface area (Å²) in [5, 5.41) is 0. The average molecular weight is 352 g/mol. The van der Waals surface area contributed by atoms with Crippen molar-refractivity contribution in [3.63, 3.8) is 0 Å². The van der Waals surface area contributed by atoms with E-state index in [1.54, 1.807) is 12.1 Å². The van der Waals surface area contributed by atoms with Gasteiger partial charge in [0.1, 0.15) is 5.82 Å². The molecule has 1 unspecified atom stereocenters. The first-order valence-electron chi connectivity index (χ1n) is 8.97. The van der Waals surface area contributed by atoms with Crippen LogP contribution in [0.4, 0.5) is 13.2 Å². The zero-order valence-electron chi connectivity index (χ0n) is 16.5. The number of rotatable bonds is 3. The van der Waals surface area contributed by atoms with Gasteiger partial charge in [-0.25, -0.2) is 13.2 Å². The van der Waals surface area contributed by atoms with E-state index >= 15 is 0 Å². The fourth-order valence-electron chi connectivity index (χ4n) is 2.34. The first-order chi connectivity index (χ1) is 11.8. The van der Waals surface area contributed by atoms with E-state index in [0.29, 0.717) is 11.8 Å². The molecule has 0 spiro atoms. The lowest BCUT2D eigenvalue weighted by molar-refractivity contribution is 0.505. The van der Waals surface area contributed by atoms with Gasteiger partial charge in [0.2, 0.25) is 0 Å². The Kier molecular flexibility index (Phi) is 10.9. The molecule has 140 valence electrons. The fraction of sp³-hybridized carbons (Fsp3) is 0.455. The third kappa shape index (κ3) is 7.76. The van der Waals surface area contributed by atoms with Crippen molar-refractivity contribution >= 4 is 0 Å². The molecule has 0 aliphatic heterocycles. The van der Waals surface area contributed by atoms with Gasteiger partial charge in [-0.1, -0.05) is 53.7 Å². The molecule has 1 atom stereocenters. The quantitative estimate of drug-likeness (QED) is 0.529. The van der Waals surface area contributed by atoms with Crippen LogP contribution in [0.3, 0.4) is 0 Å². The molecule has 0 radical (unpaired) electrons. The second kappa shape index (κ2) is 11.7.